The lowest BCUT2D eigenvalue weighted by atomic mass is 10.2. The molecule has 2 aromatic rings. The van der Waals surface area contributed by atoms with Gasteiger partial charge in [0.05, 0.1) is 11.8 Å². The molecule has 1 heterocycles. The molecule has 0 aliphatic heterocycles. The van der Waals surface area contributed by atoms with Crippen molar-refractivity contribution in [2.75, 3.05) is 5.73 Å². The minimum Gasteiger partial charge on any atom is -0.384 e. The minimum atomic E-state index is -0.547. The molecule has 0 unspecified atom stereocenters. The number of benzene rings is 1. The first-order valence-electron chi connectivity index (χ1n) is 5.38. The molecule has 1 amide bonds. The highest BCUT2D eigenvalue weighted by Crippen LogP contribution is 2.10. The van der Waals surface area contributed by atoms with Gasteiger partial charge in [0, 0.05) is 19.2 Å². The first-order chi connectivity index (χ1) is 8.59. The monoisotopic (exact) mass is 248 g/mol. The van der Waals surface area contributed by atoms with E-state index in [9.17, 15) is 9.18 Å². The Balaban J connectivity index is 2.05. The van der Waals surface area contributed by atoms with Crippen LogP contribution in [0.5, 0.6) is 0 Å². The van der Waals surface area contributed by atoms with E-state index in [-0.39, 0.29) is 12.1 Å². The number of nitrogens with one attached hydrogen (secondary N) is 1. The summed E-state index contributed by atoms with van der Waals surface area (Å²) in [7, 11) is 1.71. The Morgan fingerprint density at radius 2 is 2.22 bits per heavy atom. The average Bonchev–Trinajstić information content (AvgIpc) is 2.68. The van der Waals surface area contributed by atoms with Crippen LogP contribution in [0, 0.1) is 5.82 Å². The summed E-state index contributed by atoms with van der Waals surface area (Å²) in [6, 6.07) is 5.81. The number of aryl methyl sites for hydroxylation is 1. The highest BCUT2D eigenvalue weighted by atomic mass is 19.1. The van der Waals surface area contributed by atoms with Gasteiger partial charge in [-0.25, -0.2) is 4.39 Å². The maximum atomic E-state index is 13.3. The summed E-state index contributed by atoms with van der Waals surface area (Å²) >= 11 is 0. The van der Waals surface area contributed by atoms with Crippen LogP contribution in [0.3, 0.4) is 0 Å². The molecular weight excluding hydrogens is 235 g/mol. The van der Waals surface area contributed by atoms with Gasteiger partial charge in [-0.15, -0.1) is 0 Å². The van der Waals surface area contributed by atoms with Crippen molar-refractivity contribution >= 4 is 11.7 Å². The Labute approximate surface area is 103 Å². The summed E-state index contributed by atoms with van der Waals surface area (Å²) in [6.07, 6.45) is 1.57. The van der Waals surface area contributed by atoms with Crippen LogP contribution in [0.1, 0.15) is 15.9 Å². The number of nitrogens with two attached hydrogens (primary N) is 1. The Morgan fingerprint density at radius 3 is 2.83 bits per heavy atom. The SMILES string of the molecule is Cn1ncc(CNC(=O)c2ccccc2F)c1N. The largest absolute Gasteiger partial charge is 0.384 e. The van der Waals surface area contributed by atoms with Gasteiger partial charge >= 0.3 is 0 Å². The number of carbonyl (C=O) groups is 1. The molecule has 3 N–H and O–H groups in total. The predicted molar refractivity (Wildman–Crippen MR) is 65.2 cm³/mol. The predicted octanol–water partition coefficient (Wildman–Crippen LogP) is 1.07. The first kappa shape index (κ1) is 12.1. The van der Waals surface area contributed by atoms with Crippen LogP contribution in [0.4, 0.5) is 10.2 Å². The fraction of sp³-hybridized carbons (Fsp3) is 0.167. The number of amides is 1. The second-order valence-corrected chi connectivity index (χ2v) is 3.84. The van der Waals surface area contributed by atoms with Crippen LogP contribution in [0.2, 0.25) is 0 Å². The molecule has 1 aromatic heterocycles. The number of carbonyl (C=O) groups excluding carboxylic acids is 1. The normalized spacial score (nSPS) is 10.3. The summed E-state index contributed by atoms with van der Waals surface area (Å²) in [6.45, 7) is 0.215. The van der Waals surface area contributed by atoms with Crippen LogP contribution in [0.15, 0.2) is 30.5 Å². The van der Waals surface area contributed by atoms with Crippen molar-refractivity contribution in [3.8, 4) is 0 Å². The Hall–Kier alpha value is -2.37. The van der Waals surface area contributed by atoms with E-state index in [2.05, 4.69) is 10.4 Å². The molecule has 0 spiro atoms. The molecule has 5 nitrogen and oxygen atoms in total. The van der Waals surface area contributed by atoms with Crippen LogP contribution in [-0.2, 0) is 13.6 Å². The minimum absolute atomic E-state index is 0.0139. The zero-order valence-electron chi connectivity index (χ0n) is 9.85. The van der Waals surface area contributed by atoms with Crippen molar-refractivity contribution in [2.24, 2.45) is 7.05 Å². The molecule has 0 fully saturated rings. The number of aromatic nitrogens is 2. The van der Waals surface area contributed by atoms with Gasteiger partial charge in [-0.05, 0) is 12.1 Å². The molecule has 18 heavy (non-hydrogen) atoms. The summed E-state index contributed by atoms with van der Waals surface area (Å²) in [5.74, 6) is -0.547. The second kappa shape index (κ2) is 4.87. The standard InChI is InChI=1S/C12H13FN4O/c1-17-11(14)8(7-16-17)6-15-12(18)9-4-2-3-5-10(9)13/h2-5,7H,6,14H2,1H3,(H,15,18). The molecule has 0 bridgehead atoms. The summed E-state index contributed by atoms with van der Waals surface area (Å²) in [5, 5.41) is 6.55. The topological polar surface area (TPSA) is 72.9 Å². The van der Waals surface area contributed by atoms with E-state index in [1.807, 2.05) is 0 Å². The number of anilines is 1. The second-order valence-electron chi connectivity index (χ2n) is 3.84. The number of halogens is 1. The third-order valence-electron chi connectivity index (χ3n) is 2.62. The molecule has 94 valence electrons. The van der Waals surface area contributed by atoms with Gasteiger partial charge in [0.25, 0.3) is 5.91 Å². The molecule has 0 atom stereocenters. The van der Waals surface area contributed by atoms with Crippen molar-refractivity contribution < 1.29 is 9.18 Å². The van der Waals surface area contributed by atoms with E-state index in [1.165, 1.54) is 22.9 Å². The van der Waals surface area contributed by atoms with Crippen LogP contribution in [-0.4, -0.2) is 15.7 Å². The zero-order chi connectivity index (χ0) is 13.1. The Bertz CT molecular complexity index is 579. The van der Waals surface area contributed by atoms with Crippen molar-refractivity contribution in [3.63, 3.8) is 0 Å². The maximum Gasteiger partial charge on any atom is 0.254 e. The number of hydrogen-bond acceptors (Lipinski definition) is 3. The number of rotatable bonds is 3. The lowest BCUT2D eigenvalue weighted by Gasteiger charge is -2.05. The fourth-order valence-electron chi connectivity index (χ4n) is 1.54. The molecule has 0 aliphatic carbocycles. The van der Waals surface area contributed by atoms with Gasteiger partial charge in [0.1, 0.15) is 11.6 Å². The average molecular weight is 248 g/mol. The number of nitrogens with zero attached hydrogens (tertiary/aromatic N) is 2. The lowest BCUT2D eigenvalue weighted by molar-refractivity contribution is 0.0947. The fourth-order valence-corrected chi connectivity index (χ4v) is 1.54. The van der Waals surface area contributed by atoms with E-state index in [4.69, 9.17) is 5.73 Å². The summed E-state index contributed by atoms with van der Waals surface area (Å²) < 4.78 is 14.9. The molecule has 0 aliphatic rings. The molecule has 2 rings (SSSR count). The van der Waals surface area contributed by atoms with E-state index in [0.717, 1.165) is 0 Å². The molecule has 1 aromatic carbocycles. The molecule has 0 saturated carbocycles. The van der Waals surface area contributed by atoms with Crippen molar-refractivity contribution in [1.82, 2.24) is 15.1 Å². The highest BCUT2D eigenvalue weighted by Gasteiger charge is 2.11. The molecule has 0 radical (unpaired) electrons. The van der Waals surface area contributed by atoms with E-state index >= 15 is 0 Å². The van der Waals surface area contributed by atoms with Crippen molar-refractivity contribution in [1.29, 1.82) is 0 Å². The third kappa shape index (κ3) is 2.32. The highest BCUT2D eigenvalue weighted by molar-refractivity contribution is 5.94. The zero-order valence-corrected chi connectivity index (χ0v) is 9.85. The molecule has 6 heteroatoms. The van der Waals surface area contributed by atoms with Gasteiger partial charge in [-0.2, -0.15) is 5.10 Å². The van der Waals surface area contributed by atoms with Crippen molar-refractivity contribution in [2.45, 2.75) is 6.54 Å². The van der Waals surface area contributed by atoms with Gasteiger partial charge in [-0.1, -0.05) is 12.1 Å². The lowest BCUT2D eigenvalue weighted by Crippen LogP contribution is -2.24. The van der Waals surface area contributed by atoms with E-state index < -0.39 is 11.7 Å². The van der Waals surface area contributed by atoms with E-state index in [0.29, 0.717) is 11.4 Å². The summed E-state index contributed by atoms with van der Waals surface area (Å²) in [5.41, 5.74) is 6.44. The number of hydrogen-bond donors (Lipinski definition) is 2. The van der Waals surface area contributed by atoms with Gasteiger partial charge in [0.15, 0.2) is 0 Å². The molecular formula is C12H13FN4O. The Morgan fingerprint density at radius 1 is 1.50 bits per heavy atom. The van der Waals surface area contributed by atoms with Crippen LogP contribution >= 0.6 is 0 Å². The quantitative estimate of drug-likeness (QED) is 0.853. The summed E-state index contributed by atoms with van der Waals surface area (Å²) in [4.78, 5) is 11.7. The van der Waals surface area contributed by atoms with Gasteiger partial charge in [0.2, 0.25) is 0 Å². The maximum absolute atomic E-state index is 13.3. The first-order valence-corrected chi connectivity index (χ1v) is 5.38. The van der Waals surface area contributed by atoms with Crippen molar-refractivity contribution in [3.05, 3.63) is 47.4 Å². The third-order valence-corrected chi connectivity index (χ3v) is 2.62. The van der Waals surface area contributed by atoms with Crippen LogP contribution < -0.4 is 11.1 Å². The molecule has 0 saturated heterocycles. The number of nitrogen functional groups attached to an aromatic ring is 1. The smallest absolute Gasteiger partial charge is 0.254 e. The van der Waals surface area contributed by atoms with Gasteiger partial charge in [-0.3, -0.25) is 9.48 Å². The van der Waals surface area contributed by atoms with E-state index in [1.54, 1.807) is 19.3 Å². The van der Waals surface area contributed by atoms with Crippen LogP contribution in [0.25, 0.3) is 0 Å². The van der Waals surface area contributed by atoms with Gasteiger partial charge < -0.3 is 11.1 Å². The Kier molecular flexibility index (Phi) is 3.27.